The summed E-state index contributed by atoms with van der Waals surface area (Å²) in [7, 11) is 0. The van der Waals surface area contributed by atoms with Crippen molar-refractivity contribution in [3.63, 3.8) is 0 Å². The van der Waals surface area contributed by atoms with E-state index in [2.05, 4.69) is 10.1 Å². The number of benzene rings is 2. The molecule has 22 heavy (non-hydrogen) atoms. The minimum atomic E-state index is -0.682. The first kappa shape index (κ1) is 13.6. The molecular weight excluding hydrogens is 286 g/mol. The van der Waals surface area contributed by atoms with Crippen molar-refractivity contribution in [3.05, 3.63) is 68.9 Å². The number of fused-ring (bicyclic) bond motifs is 1. The van der Waals surface area contributed by atoms with Crippen LogP contribution in [0.1, 0.15) is 5.56 Å². The number of phenols is 2. The van der Waals surface area contributed by atoms with E-state index in [1.165, 1.54) is 18.3 Å². The van der Waals surface area contributed by atoms with Crippen LogP contribution in [0, 0.1) is 0 Å². The molecule has 0 radical (unpaired) electrons. The number of hydrogen-bond donors (Lipinski definition) is 3. The van der Waals surface area contributed by atoms with E-state index in [1.54, 1.807) is 24.3 Å². The average molecular weight is 297 g/mol. The zero-order valence-corrected chi connectivity index (χ0v) is 11.2. The van der Waals surface area contributed by atoms with E-state index in [-0.39, 0.29) is 17.1 Å². The summed E-state index contributed by atoms with van der Waals surface area (Å²) < 4.78 is 0.675. The zero-order chi connectivity index (χ0) is 15.7. The number of H-pyrrole nitrogens is 1. The van der Waals surface area contributed by atoms with Crippen molar-refractivity contribution >= 4 is 17.1 Å². The maximum Gasteiger partial charge on any atom is 0.349 e. The number of nitrogens with one attached hydrogen (secondary N) is 1. The first-order valence-electron chi connectivity index (χ1n) is 6.36. The molecule has 1 aromatic heterocycles. The molecule has 0 amide bonds. The van der Waals surface area contributed by atoms with Gasteiger partial charge in [-0.15, -0.1) is 4.68 Å². The molecule has 0 atom stereocenters. The fraction of sp³-hybridized carbons (Fsp3) is 0. The van der Waals surface area contributed by atoms with Crippen molar-refractivity contribution in [1.82, 2.24) is 9.66 Å². The molecule has 3 aromatic rings. The lowest BCUT2D eigenvalue weighted by Crippen LogP contribution is -2.32. The van der Waals surface area contributed by atoms with E-state index in [9.17, 15) is 19.8 Å². The number of aromatic hydroxyl groups is 2. The van der Waals surface area contributed by atoms with E-state index in [0.29, 0.717) is 15.6 Å². The number of aromatic nitrogens is 2. The third-order valence-corrected chi connectivity index (χ3v) is 3.11. The molecule has 3 N–H and O–H groups in total. The molecule has 7 nitrogen and oxygen atoms in total. The Bertz CT molecular complexity index is 1000. The van der Waals surface area contributed by atoms with Crippen LogP contribution in [0.25, 0.3) is 10.9 Å². The van der Waals surface area contributed by atoms with Gasteiger partial charge in [0.2, 0.25) is 0 Å². The Balaban J connectivity index is 2.13. The van der Waals surface area contributed by atoms with Crippen molar-refractivity contribution in [2.24, 2.45) is 5.10 Å². The van der Waals surface area contributed by atoms with Gasteiger partial charge in [0, 0.05) is 11.6 Å². The molecule has 0 aliphatic heterocycles. The van der Waals surface area contributed by atoms with Gasteiger partial charge in [-0.3, -0.25) is 4.79 Å². The lowest BCUT2D eigenvalue weighted by atomic mass is 10.2. The topological polar surface area (TPSA) is 108 Å². The van der Waals surface area contributed by atoms with Gasteiger partial charge in [0.1, 0.15) is 11.5 Å². The summed E-state index contributed by atoms with van der Waals surface area (Å²) >= 11 is 0. The van der Waals surface area contributed by atoms with Crippen LogP contribution in [0.4, 0.5) is 0 Å². The van der Waals surface area contributed by atoms with Crippen molar-refractivity contribution in [3.8, 4) is 11.5 Å². The SMILES string of the molecule is O=c1[nH]c2ccccc2c(=O)n1/N=C/c1ccc(O)cc1O. The summed E-state index contributed by atoms with van der Waals surface area (Å²) in [5, 5.41) is 23.0. The molecule has 3 rings (SSSR count). The average Bonchev–Trinajstić information content (AvgIpc) is 2.49. The van der Waals surface area contributed by atoms with Crippen molar-refractivity contribution < 1.29 is 10.2 Å². The highest BCUT2D eigenvalue weighted by Crippen LogP contribution is 2.20. The molecule has 2 aromatic carbocycles. The molecule has 0 aliphatic rings. The van der Waals surface area contributed by atoms with Gasteiger partial charge in [0.05, 0.1) is 17.1 Å². The van der Waals surface area contributed by atoms with Crippen LogP contribution in [0.15, 0.2) is 57.2 Å². The summed E-state index contributed by atoms with van der Waals surface area (Å²) in [5.41, 5.74) is -0.555. The number of aromatic amines is 1. The summed E-state index contributed by atoms with van der Waals surface area (Å²) in [4.78, 5) is 26.7. The second-order valence-electron chi connectivity index (χ2n) is 4.58. The van der Waals surface area contributed by atoms with Gasteiger partial charge in [-0.05, 0) is 24.3 Å². The van der Waals surface area contributed by atoms with Gasteiger partial charge in [-0.25, -0.2) is 4.79 Å². The third-order valence-electron chi connectivity index (χ3n) is 3.11. The highest BCUT2D eigenvalue weighted by molar-refractivity contribution is 5.83. The summed E-state index contributed by atoms with van der Waals surface area (Å²) in [5.74, 6) is -0.315. The highest BCUT2D eigenvalue weighted by atomic mass is 16.3. The van der Waals surface area contributed by atoms with Gasteiger partial charge in [-0.2, -0.15) is 5.10 Å². The quantitative estimate of drug-likeness (QED) is 0.613. The van der Waals surface area contributed by atoms with E-state index in [0.717, 1.165) is 6.07 Å². The van der Waals surface area contributed by atoms with Gasteiger partial charge in [-0.1, -0.05) is 12.1 Å². The Morgan fingerprint density at radius 1 is 1.09 bits per heavy atom. The van der Waals surface area contributed by atoms with Crippen LogP contribution in [0.5, 0.6) is 11.5 Å². The van der Waals surface area contributed by atoms with Gasteiger partial charge >= 0.3 is 5.69 Å². The number of phenolic OH excluding ortho intramolecular Hbond substituents is 2. The van der Waals surface area contributed by atoms with Gasteiger partial charge in [0.25, 0.3) is 5.56 Å². The van der Waals surface area contributed by atoms with Crippen molar-refractivity contribution in [2.45, 2.75) is 0 Å². The Morgan fingerprint density at radius 3 is 2.64 bits per heavy atom. The second-order valence-corrected chi connectivity index (χ2v) is 4.58. The molecule has 110 valence electrons. The monoisotopic (exact) mass is 297 g/mol. The number of nitrogens with zero attached hydrogens (tertiary/aromatic N) is 2. The molecule has 0 unspecified atom stereocenters. The standard InChI is InChI=1S/C15H11N3O4/c19-10-6-5-9(13(20)7-10)8-16-18-14(21)11-3-1-2-4-12(11)17-15(18)22/h1-8,19-20H,(H,17,22)/b16-8+. The minimum Gasteiger partial charge on any atom is -0.508 e. The Morgan fingerprint density at radius 2 is 1.86 bits per heavy atom. The summed E-state index contributed by atoms with van der Waals surface area (Å²) in [6, 6.07) is 10.5. The minimum absolute atomic E-state index is 0.102. The van der Waals surface area contributed by atoms with Crippen LogP contribution in [0.3, 0.4) is 0 Å². The molecule has 0 saturated carbocycles. The molecule has 0 spiro atoms. The lowest BCUT2D eigenvalue weighted by Gasteiger charge is -2.01. The molecule has 7 heteroatoms. The Kier molecular flexibility index (Phi) is 3.23. The summed E-state index contributed by atoms with van der Waals surface area (Å²) in [6.45, 7) is 0. The molecule has 1 heterocycles. The van der Waals surface area contributed by atoms with Gasteiger partial charge < -0.3 is 15.2 Å². The number of para-hydroxylation sites is 1. The highest BCUT2D eigenvalue weighted by Gasteiger charge is 2.06. The number of rotatable bonds is 2. The predicted octanol–water partition coefficient (Wildman–Crippen LogP) is 0.983. The first-order valence-corrected chi connectivity index (χ1v) is 6.36. The van der Waals surface area contributed by atoms with Crippen LogP contribution < -0.4 is 11.2 Å². The van der Waals surface area contributed by atoms with Crippen molar-refractivity contribution in [2.75, 3.05) is 0 Å². The molecule has 0 bridgehead atoms. The predicted molar refractivity (Wildman–Crippen MR) is 81.6 cm³/mol. The van der Waals surface area contributed by atoms with Crippen LogP contribution >= 0.6 is 0 Å². The van der Waals surface area contributed by atoms with E-state index < -0.39 is 11.2 Å². The Hall–Kier alpha value is -3.35. The van der Waals surface area contributed by atoms with Crippen LogP contribution in [0.2, 0.25) is 0 Å². The first-order chi connectivity index (χ1) is 10.6. The molecule has 0 saturated heterocycles. The van der Waals surface area contributed by atoms with Crippen LogP contribution in [-0.4, -0.2) is 26.1 Å². The second kappa shape index (κ2) is 5.21. The molecular formula is C15H11N3O4. The Labute approximate surface area is 123 Å². The van der Waals surface area contributed by atoms with Gasteiger partial charge in [0.15, 0.2) is 0 Å². The smallest absolute Gasteiger partial charge is 0.349 e. The maximum absolute atomic E-state index is 12.2. The third kappa shape index (κ3) is 2.35. The van der Waals surface area contributed by atoms with E-state index >= 15 is 0 Å². The van der Waals surface area contributed by atoms with E-state index in [1.807, 2.05) is 0 Å². The molecule has 0 fully saturated rings. The maximum atomic E-state index is 12.2. The summed E-state index contributed by atoms with van der Waals surface area (Å²) in [6.07, 6.45) is 1.17. The largest absolute Gasteiger partial charge is 0.508 e. The van der Waals surface area contributed by atoms with Crippen molar-refractivity contribution in [1.29, 1.82) is 0 Å². The zero-order valence-electron chi connectivity index (χ0n) is 11.2. The normalized spacial score (nSPS) is 11.3. The number of hydrogen-bond acceptors (Lipinski definition) is 5. The fourth-order valence-corrected chi connectivity index (χ4v) is 2.02. The lowest BCUT2D eigenvalue weighted by molar-refractivity contribution is 0.450. The fourth-order valence-electron chi connectivity index (χ4n) is 2.02. The van der Waals surface area contributed by atoms with Crippen LogP contribution in [-0.2, 0) is 0 Å². The molecule has 0 aliphatic carbocycles. The van der Waals surface area contributed by atoms with E-state index in [4.69, 9.17) is 0 Å².